The molecule has 1 aromatic heterocycles. The first-order chi connectivity index (χ1) is 13.1. The maximum Gasteiger partial charge on any atom is 0.337 e. The number of aromatic nitrogens is 3. The van der Waals surface area contributed by atoms with Crippen LogP contribution in [0.4, 0.5) is 23.1 Å². The van der Waals surface area contributed by atoms with Crippen molar-refractivity contribution in [1.29, 1.82) is 0 Å². The van der Waals surface area contributed by atoms with Crippen LogP contribution in [-0.4, -0.2) is 28.3 Å². The van der Waals surface area contributed by atoms with Crippen LogP contribution in [0.25, 0.3) is 0 Å². The van der Waals surface area contributed by atoms with E-state index in [0.717, 1.165) is 12.1 Å². The van der Waals surface area contributed by atoms with Gasteiger partial charge in [0.15, 0.2) is 5.82 Å². The first-order valence-electron chi connectivity index (χ1n) is 8.29. The minimum Gasteiger partial charge on any atom is -0.465 e. The van der Waals surface area contributed by atoms with Crippen LogP contribution in [0.1, 0.15) is 22.8 Å². The van der Waals surface area contributed by atoms with E-state index in [1.165, 1.54) is 18.9 Å². The number of esters is 1. The number of hydrogen-bond acceptors (Lipinski definition) is 7. The molecule has 27 heavy (non-hydrogen) atoms. The minimum absolute atomic E-state index is 0.337. The molecule has 0 amide bonds. The Labute approximate surface area is 161 Å². The molecule has 0 radical (unpaired) electrons. The molecule has 0 saturated carbocycles. The molecular formula is C19H18ClN5O2. The molecule has 138 valence electrons. The summed E-state index contributed by atoms with van der Waals surface area (Å²) in [6.45, 7) is 2.10. The van der Waals surface area contributed by atoms with E-state index in [2.05, 4.69) is 32.7 Å². The third-order valence-electron chi connectivity index (χ3n) is 3.83. The Morgan fingerprint density at radius 1 is 1.15 bits per heavy atom. The summed E-state index contributed by atoms with van der Waals surface area (Å²) < 4.78 is 4.73. The van der Waals surface area contributed by atoms with Gasteiger partial charge in [-0.3, -0.25) is 0 Å². The summed E-state index contributed by atoms with van der Waals surface area (Å²) in [6.07, 6.45) is 2.44. The Morgan fingerprint density at radius 2 is 1.93 bits per heavy atom. The van der Waals surface area contributed by atoms with Crippen molar-refractivity contribution >= 4 is 40.7 Å². The van der Waals surface area contributed by atoms with Crippen LogP contribution in [-0.2, 0) is 11.2 Å². The zero-order chi connectivity index (χ0) is 19.2. The highest BCUT2D eigenvalue weighted by Crippen LogP contribution is 2.26. The van der Waals surface area contributed by atoms with Crippen molar-refractivity contribution in [2.45, 2.75) is 13.3 Å². The highest BCUT2D eigenvalue weighted by Gasteiger charge is 2.10. The van der Waals surface area contributed by atoms with E-state index in [4.69, 9.17) is 16.3 Å². The van der Waals surface area contributed by atoms with Crippen LogP contribution < -0.4 is 10.6 Å². The molecule has 0 atom stereocenters. The number of ether oxygens (including phenoxy) is 1. The predicted molar refractivity (Wildman–Crippen MR) is 105 cm³/mol. The van der Waals surface area contributed by atoms with Crippen LogP contribution in [0.15, 0.2) is 48.7 Å². The fraction of sp³-hybridized carbons (Fsp3) is 0.158. The van der Waals surface area contributed by atoms with Gasteiger partial charge in [0.05, 0.1) is 29.6 Å². The second kappa shape index (κ2) is 8.46. The Bertz CT molecular complexity index is 947. The monoisotopic (exact) mass is 383 g/mol. The number of rotatable bonds is 6. The minimum atomic E-state index is -0.451. The maximum absolute atomic E-state index is 11.7. The molecule has 7 nitrogen and oxygen atoms in total. The van der Waals surface area contributed by atoms with Crippen molar-refractivity contribution < 1.29 is 9.53 Å². The number of anilines is 4. The lowest BCUT2D eigenvalue weighted by Crippen LogP contribution is -2.04. The van der Waals surface area contributed by atoms with Crippen LogP contribution >= 0.6 is 11.6 Å². The van der Waals surface area contributed by atoms with Gasteiger partial charge in [0, 0.05) is 5.69 Å². The van der Waals surface area contributed by atoms with Crippen molar-refractivity contribution in [3.63, 3.8) is 0 Å². The van der Waals surface area contributed by atoms with Crippen molar-refractivity contribution in [3.8, 4) is 0 Å². The number of carbonyl (C=O) groups excluding carboxylic acids is 1. The summed E-state index contributed by atoms with van der Waals surface area (Å²) in [7, 11) is 1.32. The van der Waals surface area contributed by atoms with Crippen LogP contribution in [0.3, 0.4) is 0 Å². The van der Waals surface area contributed by atoms with Gasteiger partial charge in [0.25, 0.3) is 0 Å². The van der Waals surface area contributed by atoms with Crippen LogP contribution in [0, 0.1) is 0 Å². The molecule has 3 aromatic rings. The third kappa shape index (κ3) is 4.71. The summed E-state index contributed by atoms with van der Waals surface area (Å²) >= 11 is 6.20. The predicted octanol–water partition coefficient (Wildman–Crippen LogP) is 4.36. The molecule has 0 bridgehead atoms. The fourth-order valence-corrected chi connectivity index (χ4v) is 2.54. The summed E-state index contributed by atoms with van der Waals surface area (Å²) in [6, 6.07) is 12.8. The lowest BCUT2D eigenvalue weighted by molar-refractivity contribution is 0.0601. The number of halogens is 1. The van der Waals surface area contributed by atoms with E-state index in [9.17, 15) is 4.79 Å². The van der Waals surface area contributed by atoms with E-state index in [1.807, 2.05) is 24.3 Å². The molecule has 0 unspecified atom stereocenters. The number of nitrogens with zero attached hydrogens (tertiary/aromatic N) is 3. The van der Waals surface area contributed by atoms with Crippen molar-refractivity contribution in [1.82, 2.24) is 15.2 Å². The molecule has 2 aromatic carbocycles. The van der Waals surface area contributed by atoms with E-state index in [-0.39, 0.29) is 0 Å². The van der Waals surface area contributed by atoms with E-state index in [1.54, 1.807) is 18.2 Å². The van der Waals surface area contributed by atoms with Gasteiger partial charge in [-0.25, -0.2) is 4.79 Å². The molecule has 0 fully saturated rings. The smallest absolute Gasteiger partial charge is 0.337 e. The number of methoxy groups -OCH3 is 1. The Balaban J connectivity index is 1.78. The maximum atomic E-state index is 11.7. The van der Waals surface area contributed by atoms with Gasteiger partial charge in [0.1, 0.15) is 0 Å². The molecule has 8 heteroatoms. The summed E-state index contributed by atoms with van der Waals surface area (Å²) in [5.41, 5.74) is 2.99. The largest absolute Gasteiger partial charge is 0.465 e. The SMILES string of the molecule is CCc1ccc(Nc2nncc(Nc3cc(C(=O)OC)ccc3Cl)n2)cc1. The Morgan fingerprint density at radius 3 is 2.63 bits per heavy atom. The third-order valence-corrected chi connectivity index (χ3v) is 4.16. The lowest BCUT2D eigenvalue weighted by atomic mass is 10.1. The van der Waals surface area contributed by atoms with Crippen LogP contribution in [0.5, 0.6) is 0 Å². The Hall–Kier alpha value is -3.19. The number of hydrogen-bond donors (Lipinski definition) is 2. The highest BCUT2D eigenvalue weighted by atomic mass is 35.5. The molecular weight excluding hydrogens is 366 g/mol. The summed E-state index contributed by atoms with van der Waals surface area (Å²) in [5, 5.41) is 14.5. The van der Waals surface area contributed by atoms with E-state index < -0.39 is 5.97 Å². The summed E-state index contributed by atoms with van der Waals surface area (Å²) in [4.78, 5) is 16.1. The lowest BCUT2D eigenvalue weighted by Gasteiger charge is -2.10. The molecule has 3 rings (SSSR count). The average molecular weight is 384 g/mol. The fourth-order valence-electron chi connectivity index (χ4n) is 2.37. The molecule has 0 aliphatic carbocycles. The zero-order valence-electron chi connectivity index (χ0n) is 14.9. The van der Waals surface area contributed by atoms with Gasteiger partial charge >= 0.3 is 5.97 Å². The van der Waals surface area contributed by atoms with Gasteiger partial charge < -0.3 is 15.4 Å². The Kier molecular flexibility index (Phi) is 5.83. The molecule has 0 aliphatic heterocycles. The molecule has 2 N–H and O–H groups in total. The van der Waals surface area contributed by atoms with E-state index in [0.29, 0.717) is 28.0 Å². The molecule has 1 heterocycles. The second-order valence-electron chi connectivity index (χ2n) is 5.65. The van der Waals surface area contributed by atoms with Gasteiger partial charge in [-0.2, -0.15) is 10.1 Å². The second-order valence-corrected chi connectivity index (χ2v) is 6.06. The number of aryl methyl sites for hydroxylation is 1. The standard InChI is InChI=1S/C19H18ClN5O2/c1-3-12-4-7-14(8-5-12)22-19-24-17(11-21-25-19)23-16-10-13(18(26)27-2)6-9-15(16)20/h4-11H,3H2,1-2H3,(H2,22,23,24,25). The summed E-state index contributed by atoms with van der Waals surface area (Å²) in [5.74, 6) is 0.319. The van der Waals surface area contributed by atoms with Crippen molar-refractivity contribution in [2.75, 3.05) is 17.7 Å². The zero-order valence-corrected chi connectivity index (χ0v) is 15.6. The van der Waals surface area contributed by atoms with Crippen LogP contribution in [0.2, 0.25) is 5.02 Å². The quantitative estimate of drug-likeness (QED) is 0.611. The number of benzene rings is 2. The van der Waals surface area contributed by atoms with Crippen molar-refractivity contribution in [3.05, 3.63) is 64.8 Å². The normalized spacial score (nSPS) is 10.3. The molecule has 0 saturated heterocycles. The highest BCUT2D eigenvalue weighted by molar-refractivity contribution is 6.33. The van der Waals surface area contributed by atoms with Crippen molar-refractivity contribution in [2.24, 2.45) is 0 Å². The topological polar surface area (TPSA) is 89.0 Å². The molecule has 0 aliphatic rings. The first kappa shape index (κ1) is 18.6. The number of nitrogens with one attached hydrogen (secondary N) is 2. The van der Waals surface area contributed by atoms with Gasteiger partial charge in [-0.1, -0.05) is 30.7 Å². The van der Waals surface area contributed by atoms with Gasteiger partial charge in [-0.05, 0) is 42.3 Å². The molecule has 0 spiro atoms. The number of carbonyl (C=O) groups is 1. The van der Waals surface area contributed by atoms with Gasteiger partial charge in [0.2, 0.25) is 5.95 Å². The average Bonchev–Trinajstić information content (AvgIpc) is 2.70. The first-order valence-corrected chi connectivity index (χ1v) is 8.67. The van der Waals surface area contributed by atoms with Gasteiger partial charge in [-0.15, -0.1) is 5.10 Å². The van der Waals surface area contributed by atoms with E-state index >= 15 is 0 Å².